The second-order valence-electron chi connectivity index (χ2n) is 8.43. The number of para-hydroxylation sites is 1. The van der Waals surface area contributed by atoms with Crippen LogP contribution in [0.5, 0.6) is 5.75 Å². The summed E-state index contributed by atoms with van der Waals surface area (Å²) in [6.07, 6.45) is 1.93. The Morgan fingerprint density at radius 3 is 2.53 bits per heavy atom. The zero-order valence-electron chi connectivity index (χ0n) is 18.2. The van der Waals surface area contributed by atoms with E-state index in [-0.39, 0.29) is 18.1 Å². The predicted octanol–water partition coefficient (Wildman–Crippen LogP) is 4.91. The molecule has 2 amide bonds. The van der Waals surface area contributed by atoms with Gasteiger partial charge in [-0.1, -0.05) is 54.6 Å². The number of carbonyl (C=O) groups is 1. The Bertz CT molecular complexity index is 1020. The van der Waals surface area contributed by atoms with Crippen molar-refractivity contribution in [2.45, 2.75) is 31.5 Å². The van der Waals surface area contributed by atoms with Gasteiger partial charge >= 0.3 is 6.03 Å². The van der Waals surface area contributed by atoms with Crippen molar-refractivity contribution in [2.75, 3.05) is 26.2 Å². The number of thiophene rings is 1. The normalized spacial score (nSPS) is 20.4. The molecule has 2 aliphatic heterocycles. The summed E-state index contributed by atoms with van der Waals surface area (Å²) in [7, 11) is 0. The van der Waals surface area contributed by atoms with E-state index >= 15 is 0 Å². The van der Waals surface area contributed by atoms with E-state index in [1.54, 1.807) is 0 Å². The second-order valence-corrected chi connectivity index (χ2v) is 9.46. The molecule has 1 atom stereocenters. The molecule has 3 aromatic rings. The van der Waals surface area contributed by atoms with E-state index in [4.69, 9.17) is 4.74 Å². The molecular formula is C26H29N3O2S. The molecule has 0 bridgehead atoms. The van der Waals surface area contributed by atoms with Crippen LogP contribution >= 0.6 is 11.3 Å². The number of nitrogens with one attached hydrogen (secondary N) is 1. The molecule has 0 saturated carbocycles. The Hall–Kier alpha value is -2.83. The van der Waals surface area contributed by atoms with Crippen LogP contribution in [0.4, 0.5) is 4.79 Å². The van der Waals surface area contributed by atoms with Crippen molar-refractivity contribution in [3.8, 4) is 5.75 Å². The summed E-state index contributed by atoms with van der Waals surface area (Å²) in [4.78, 5) is 19.5. The summed E-state index contributed by atoms with van der Waals surface area (Å²) in [5, 5.41) is 5.24. The summed E-state index contributed by atoms with van der Waals surface area (Å²) >= 11 is 1.81. The summed E-state index contributed by atoms with van der Waals surface area (Å²) in [5.41, 5.74) is 2.17. The molecule has 0 spiro atoms. The van der Waals surface area contributed by atoms with Crippen molar-refractivity contribution < 1.29 is 9.53 Å². The predicted molar refractivity (Wildman–Crippen MR) is 128 cm³/mol. The van der Waals surface area contributed by atoms with Gasteiger partial charge < -0.3 is 15.0 Å². The Balaban J connectivity index is 1.46. The smallest absolute Gasteiger partial charge is 0.318 e. The molecule has 5 rings (SSSR count). The van der Waals surface area contributed by atoms with Crippen molar-refractivity contribution in [2.24, 2.45) is 0 Å². The third-order valence-corrected chi connectivity index (χ3v) is 7.25. The SMILES string of the molecule is O=C1NCCOc2ccccc2C(c2ccccc2)N1C1CCN(Cc2cccs2)CC1. The van der Waals surface area contributed by atoms with Crippen LogP contribution in [-0.2, 0) is 6.54 Å². The fourth-order valence-corrected chi connectivity index (χ4v) is 5.59. The maximum atomic E-state index is 13.5. The summed E-state index contributed by atoms with van der Waals surface area (Å²) < 4.78 is 6.07. The third kappa shape index (κ3) is 4.52. The number of nitrogens with zero attached hydrogens (tertiary/aromatic N) is 2. The van der Waals surface area contributed by atoms with E-state index in [1.807, 2.05) is 47.7 Å². The average Bonchev–Trinajstić information content (AvgIpc) is 3.36. The van der Waals surface area contributed by atoms with E-state index in [9.17, 15) is 4.79 Å². The van der Waals surface area contributed by atoms with Gasteiger partial charge in [0.05, 0.1) is 12.6 Å². The van der Waals surface area contributed by atoms with Crippen molar-refractivity contribution in [1.29, 1.82) is 0 Å². The highest BCUT2D eigenvalue weighted by Gasteiger charge is 2.36. The maximum absolute atomic E-state index is 13.5. The standard InChI is InChI=1S/C26H29N3O2S/c30-26-27-14-17-31-24-11-5-4-10-23(24)25(20-7-2-1-3-8-20)29(26)21-12-15-28(16-13-21)19-22-9-6-18-32-22/h1-11,18,21,25H,12-17,19H2,(H,27,30). The largest absolute Gasteiger partial charge is 0.491 e. The van der Waals surface area contributed by atoms with Crippen LogP contribution in [0, 0.1) is 0 Å². The van der Waals surface area contributed by atoms with Crippen LogP contribution in [0.25, 0.3) is 0 Å². The number of likely N-dealkylation sites (tertiary alicyclic amines) is 1. The maximum Gasteiger partial charge on any atom is 0.318 e. The van der Waals surface area contributed by atoms with Crippen LogP contribution in [0.3, 0.4) is 0 Å². The zero-order valence-corrected chi connectivity index (χ0v) is 19.0. The van der Waals surface area contributed by atoms with Gasteiger partial charge in [0.1, 0.15) is 12.4 Å². The molecule has 5 nitrogen and oxygen atoms in total. The van der Waals surface area contributed by atoms with Crippen LogP contribution < -0.4 is 10.1 Å². The molecule has 2 aromatic carbocycles. The fourth-order valence-electron chi connectivity index (χ4n) is 4.85. The number of hydrogen-bond acceptors (Lipinski definition) is 4. The summed E-state index contributed by atoms with van der Waals surface area (Å²) in [6, 6.07) is 22.8. The molecule has 3 heterocycles. The van der Waals surface area contributed by atoms with Crippen LogP contribution in [-0.4, -0.2) is 48.1 Å². The second kappa shape index (κ2) is 9.76. The molecule has 0 radical (unpaired) electrons. The van der Waals surface area contributed by atoms with Gasteiger partial charge in [-0.3, -0.25) is 4.90 Å². The monoisotopic (exact) mass is 447 g/mol. The van der Waals surface area contributed by atoms with Gasteiger partial charge in [-0.05, 0) is 35.9 Å². The molecule has 32 heavy (non-hydrogen) atoms. The van der Waals surface area contributed by atoms with Crippen molar-refractivity contribution in [3.63, 3.8) is 0 Å². The van der Waals surface area contributed by atoms with Gasteiger partial charge in [0.25, 0.3) is 0 Å². The number of fused-ring (bicyclic) bond motifs is 1. The van der Waals surface area contributed by atoms with E-state index in [0.717, 1.165) is 49.4 Å². The van der Waals surface area contributed by atoms with Crippen LogP contribution in [0.15, 0.2) is 72.1 Å². The van der Waals surface area contributed by atoms with Crippen molar-refractivity contribution in [1.82, 2.24) is 15.1 Å². The molecule has 2 aliphatic rings. The van der Waals surface area contributed by atoms with Crippen LogP contribution in [0.2, 0.25) is 0 Å². The number of urea groups is 1. The lowest BCUT2D eigenvalue weighted by Gasteiger charge is -2.42. The van der Waals surface area contributed by atoms with Gasteiger partial charge in [-0.15, -0.1) is 11.3 Å². The number of benzene rings is 2. The van der Waals surface area contributed by atoms with Crippen molar-refractivity contribution in [3.05, 3.63) is 88.1 Å². The fraction of sp³-hybridized carbons (Fsp3) is 0.346. The average molecular weight is 448 g/mol. The minimum Gasteiger partial charge on any atom is -0.491 e. The lowest BCUT2D eigenvalue weighted by molar-refractivity contribution is 0.102. The number of hydrogen-bond donors (Lipinski definition) is 1. The molecule has 1 aromatic heterocycles. The lowest BCUT2D eigenvalue weighted by atomic mass is 9.92. The zero-order chi connectivity index (χ0) is 21.8. The topological polar surface area (TPSA) is 44.8 Å². The highest BCUT2D eigenvalue weighted by molar-refractivity contribution is 7.09. The van der Waals surface area contributed by atoms with Gasteiger partial charge in [0.15, 0.2) is 0 Å². The van der Waals surface area contributed by atoms with Gasteiger partial charge in [0, 0.05) is 36.1 Å². The molecule has 1 fully saturated rings. The Kier molecular flexibility index (Phi) is 6.41. The van der Waals surface area contributed by atoms with E-state index < -0.39 is 0 Å². The van der Waals surface area contributed by atoms with E-state index in [0.29, 0.717) is 13.2 Å². The van der Waals surface area contributed by atoms with Gasteiger partial charge in [-0.2, -0.15) is 0 Å². The lowest BCUT2D eigenvalue weighted by Crippen LogP contribution is -2.52. The number of amides is 2. The van der Waals surface area contributed by atoms with Crippen LogP contribution in [0.1, 0.15) is 34.9 Å². The first-order valence-corrected chi connectivity index (χ1v) is 12.2. The first-order chi connectivity index (χ1) is 15.8. The number of ether oxygens (including phenoxy) is 1. The molecule has 166 valence electrons. The van der Waals surface area contributed by atoms with E-state index in [1.165, 1.54) is 4.88 Å². The molecule has 6 heteroatoms. The van der Waals surface area contributed by atoms with Gasteiger partial charge in [-0.25, -0.2) is 4.79 Å². The number of carbonyl (C=O) groups excluding carboxylic acids is 1. The third-order valence-electron chi connectivity index (χ3n) is 6.39. The Morgan fingerprint density at radius 2 is 1.75 bits per heavy atom. The Labute approximate surface area is 193 Å². The molecule has 1 N–H and O–H groups in total. The highest BCUT2D eigenvalue weighted by atomic mass is 32.1. The quantitative estimate of drug-likeness (QED) is 0.618. The number of piperidine rings is 1. The molecule has 0 aliphatic carbocycles. The first-order valence-electron chi connectivity index (χ1n) is 11.4. The molecular weight excluding hydrogens is 418 g/mol. The minimum atomic E-state index is -0.181. The minimum absolute atomic E-state index is 0.00383. The summed E-state index contributed by atoms with van der Waals surface area (Å²) in [5.74, 6) is 0.859. The summed E-state index contributed by atoms with van der Waals surface area (Å²) in [6.45, 7) is 3.95. The molecule has 1 unspecified atom stereocenters. The number of rotatable bonds is 4. The Morgan fingerprint density at radius 1 is 0.969 bits per heavy atom. The first kappa shape index (κ1) is 21.0. The molecule has 1 saturated heterocycles. The van der Waals surface area contributed by atoms with Crippen molar-refractivity contribution >= 4 is 17.4 Å². The highest BCUT2D eigenvalue weighted by Crippen LogP contribution is 2.38. The van der Waals surface area contributed by atoms with Gasteiger partial charge in [0.2, 0.25) is 0 Å². The van der Waals surface area contributed by atoms with E-state index in [2.05, 4.69) is 50.8 Å².